The third-order valence-electron chi connectivity index (χ3n) is 1.85. The van der Waals surface area contributed by atoms with Gasteiger partial charge in [0.25, 0.3) is 0 Å². The van der Waals surface area contributed by atoms with Crippen LogP contribution in [0.15, 0.2) is 4.99 Å². The zero-order valence-electron chi connectivity index (χ0n) is 6.52. The van der Waals surface area contributed by atoms with Crippen LogP contribution in [-0.2, 0) is 0 Å². The van der Waals surface area contributed by atoms with Crippen molar-refractivity contribution >= 4 is 5.71 Å². The highest BCUT2D eigenvalue weighted by Crippen LogP contribution is 2.33. The van der Waals surface area contributed by atoms with Crippen molar-refractivity contribution in [2.75, 3.05) is 7.05 Å². The molecule has 0 aromatic carbocycles. The zero-order chi connectivity index (χ0) is 6.85. The molecule has 0 aromatic heterocycles. The summed E-state index contributed by atoms with van der Waals surface area (Å²) in [5.41, 5.74) is 1.43. The molecule has 0 aliphatic heterocycles. The highest BCUT2D eigenvalue weighted by atomic mass is 14.7. The summed E-state index contributed by atoms with van der Waals surface area (Å²) in [6, 6.07) is 0. The van der Waals surface area contributed by atoms with E-state index in [2.05, 4.69) is 18.8 Å². The van der Waals surface area contributed by atoms with Gasteiger partial charge in [0, 0.05) is 12.8 Å². The number of hydrogen-bond acceptors (Lipinski definition) is 1. The maximum absolute atomic E-state index is 4.27. The summed E-state index contributed by atoms with van der Waals surface area (Å²) in [7, 11) is 1.91. The lowest BCUT2D eigenvalue weighted by Gasteiger charge is -2.05. The molecule has 0 aromatic rings. The van der Waals surface area contributed by atoms with E-state index >= 15 is 0 Å². The molecule has 0 N–H and O–H groups in total. The molecule has 0 unspecified atom stereocenters. The van der Waals surface area contributed by atoms with Crippen LogP contribution in [0.1, 0.15) is 26.7 Å². The average Bonchev–Trinajstić information content (AvgIpc) is 2.50. The van der Waals surface area contributed by atoms with Crippen LogP contribution in [0, 0.1) is 11.8 Å². The lowest BCUT2D eigenvalue weighted by molar-refractivity contribution is 0.837. The molecular weight excluding hydrogens is 110 g/mol. The SMILES string of the molecule is CN=C(C(C)C)C1CC1. The second-order valence-electron chi connectivity index (χ2n) is 3.08. The number of aliphatic imine (C=N–C) groups is 1. The second-order valence-corrected chi connectivity index (χ2v) is 3.08. The summed E-state index contributed by atoms with van der Waals surface area (Å²) in [5, 5.41) is 0. The van der Waals surface area contributed by atoms with Gasteiger partial charge < -0.3 is 0 Å². The first-order valence-corrected chi connectivity index (χ1v) is 3.72. The highest BCUT2D eigenvalue weighted by molar-refractivity contribution is 5.90. The molecule has 0 heterocycles. The molecule has 0 saturated heterocycles. The molecule has 0 radical (unpaired) electrons. The molecular formula is C8H15N. The van der Waals surface area contributed by atoms with Crippen LogP contribution < -0.4 is 0 Å². The normalized spacial score (nSPS) is 21.1. The summed E-state index contributed by atoms with van der Waals surface area (Å²) in [6.45, 7) is 4.45. The largest absolute Gasteiger partial charge is 0.297 e. The van der Waals surface area contributed by atoms with Crippen molar-refractivity contribution in [2.45, 2.75) is 26.7 Å². The zero-order valence-corrected chi connectivity index (χ0v) is 6.52. The Bertz CT molecular complexity index is 117. The summed E-state index contributed by atoms with van der Waals surface area (Å²) in [5.74, 6) is 1.53. The van der Waals surface area contributed by atoms with Crippen molar-refractivity contribution in [1.29, 1.82) is 0 Å². The van der Waals surface area contributed by atoms with Crippen LogP contribution in [0.3, 0.4) is 0 Å². The average molecular weight is 125 g/mol. The maximum atomic E-state index is 4.27. The van der Waals surface area contributed by atoms with E-state index in [0.29, 0.717) is 5.92 Å². The molecule has 52 valence electrons. The van der Waals surface area contributed by atoms with Crippen molar-refractivity contribution in [2.24, 2.45) is 16.8 Å². The number of nitrogens with zero attached hydrogens (tertiary/aromatic N) is 1. The van der Waals surface area contributed by atoms with Gasteiger partial charge in [0.05, 0.1) is 0 Å². The molecule has 0 spiro atoms. The summed E-state index contributed by atoms with van der Waals surface area (Å²) < 4.78 is 0. The van der Waals surface area contributed by atoms with E-state index in [4.69, 9.17) is 0 Å². The highest BCUT2D eigenvalue weighted by Gasteiger charge is 2.28. The Morgan fingerprint density at radius 1 is 1.44 bits per heavy atom. The van der Waals surface area contributed by atoms with Gasteiger partial charge in [-0.3, -0.25) is 4.99 Å². The quantitative estimate of drug-likeness (QED) is 0.501. The Labute approximate surface area is 57.2 Å². The minimum atomic E-state index is 0.669. The van der Waals surface area contributed by atoms with Crippen LogP contribution in [-0.4, -0.2) is 12.8 Å². The minimum Gasteiger partial charge on any atom is -0.297 e. The van der Waals surface area contributed by atoms with Crippen molar-refractivity contribution in [3.63, 3.8) is 0 Å². The molecule has 1 fully saturated rings. The molecule has 0 bridgehead atoms. The first kappa shape index (κ1) is 6.79. The second kappa shape index (κ2) is 2.51. The Morgan fingerprint density at radius 3 is 2.11 bits per heavy atom. The Kier molecular flexibility index (Phi) is 1.89. The Hall–Kier alpha value is -0.330. The van der Waals surface area contributed by atoms with E-state index in [1.165, 1.54) is 18.6 Å². The molecule has 9 heavy (non-hydrogen) atoms. The molecule has 1 rings (SSSR count). The number of hydrogen-bond donors (Lipinski definition) is 0. The van der Waals surface area contributed by atoms with Gasteiger partial charge in [-0.25, -0.2) is 0 Å². The first-order chi connectivity index (χ1) is 4.25. The van der Waals surface area contributed by atoms with Crippen molar-refractivity contribution < 1.29 is 0 Å². The van der Waals surface area contributed by atoms with Gasteiger partial charge in [0.2, 0.25) is 0 Å². The molecule has 0 amide bonds. The van der Waals surface area contributed by atoms with Crippen LogP contribution >= 0.6 is 0 Å². The predicted octanol–water partition coefficient (Wildman–Crippen LogP) is 2.12. The molecule has 1 saturated carbocycles. The van der Waals surface area contributed by atoms with Gasteiger partial charge in [-0.1, -0.05) is 13.8 Å². The fourth-order valence-electron chi connectivity index (χ4n) is 1.29. The minimum absolute atomic E-state index is 0.669. The van der Waals surface area contributed by atoms with Gasteiger partial charge in [-0.2, -0.15) is 0 Å². The van der Waals surface area contributed by atoms with Crippen LogP contribution in [0.5, 0.6) is 0 Å². The predicted molar refractivity (Wildman–Crippen MR) is 40.9 cm³/mol. The van der Waals surface area contributed by atoms with E-state index in [-0.39, 0.29) is 0 Å². The van der Waals surface area contributed by atoms with Crippen molar-refractivity contribution in [3.8, 4) is 0 Å². The van der Waals surface area contributed by atoms with Crippen LogP contribution in [0.25, 0.3) is 0 Å². The van der Waals surface area contributed by atoms with E-state index in [0.717, 1.165) is 5.92 Å². The van der Waals surface area contributed by atoms with Crippen LogP contribution in [0.4, 0.5) is 0 Å². The van der Waals surface area contributed by atoms with Crippen molar-refractivity contribution in [3.05, 3.63) is 0 Å². The van der Waals surface area contributed by atoms with Crippen molar-refractivity contribution in [1.82, 2.24) is 0 Å². The fourth-order valence-corrected chi connectivity index (χ4v) is 1.29. The topological polar surface area (TPSA) is 12.4 Å². The molecule has 0 atom stereocenters. The lowest BCUT2D eigenvalue weighted by Crippen LogP contribution is -2.09. The van der Waals surface area contributed by atoms with Gasteiger partial charge in [0.15, 0.2) is 0 Å². The molecule has 1 heteroatoms. The van der Waals surface area contributed by atoms with Gasteiger partial charge in [-0.15, -0.1) is 0 Å². The smallest absolute Gasteiger partial charge is 0.0276 e. The third kappa shape index (κ3) is 1.54. The maximum Gasteiger partial charge on any atom is 0.0276 e. The Morgan fingerprint density at radius 2 is 2.00 bits per heavy atom. The standard InChI is InChI=1S/C8H15N/c1-6(2)8(9-3)7-4-5-7/h6-7H,4-5H2,1-3H3. The lowest BCUT2D eigenvalue weighted by atomic mass is 10.0. The van der Waals surface area contributed by atoms with Gasteiger partial charge in [0.1, 0.15) is 0 Å². The van der Waals surface area contributed by atoms with E-state index in [1.54, 1.807) is 0 Å². The molecule has 1 aliphatic carbocycles. The summed E-state index contributed by atoms with van der Waals surface area (Å²) in [4.78, 5) is 4.27. The molecule has 1 nitrogen and oxygen atoms in total. The van der Waals surface area contributed by atoms with E-state index in [9.17, 15) is 0 Å². The van der Waals surface area contributed by atoms with Gasteiger partial charge in [-0.05, 0) is 24.7 Å². The first-order valence-electron chi connectivity index (χ1n) is 3.72. The van der Waals surface area contributed by atoms with E-state index in [1.807, 2.05) is 7.05 Å². The molecule has 1 aliphatic rings. The monoisotopic (exact) mass is 125 g/mol. The third-order valence-corrected chi connectivity index (χ3v) is 1.85. The Balaban J connectivity index is 2.48. The van der Waals surface area contributed by atoms with Crippen LogP contribution in [0.2, 0.25) is 0 Å². The van der Waals surface area contributed by atoms with E-state index < -0.39 is 0 Å². The summed E-state index contributed by atoms with van der Waals surface area (Å²) >= 11 is 0. The fraction of sp³-hybridized carbons (Fsp3) is 0.875. The number of rotatable bonds is 2. The summed E-state index contributed by atoms with van der Waals surface area (Å²) in [6.07, 6.45) is 2.76. The van der Waals surface area contributed by atoms with Gasteiger partial charge >= 0.3 is 0 Å².